The van der Waals surface area contributed by atoms with Gasteiger partial charge in [-0.1, -0.05) is 23.7 Å². The summed E-state index contributed by atoms with van der Waals surface area (Å²) < 4.78 is 5.63. The molecule has 1 aromatic carbocycles. The van der Waals surface area contributed by atoms with Crippen molar-refractivity contribution in [1.29, 1.82) is 0 Å². The molecule has 1 heterocycles. The molecule has 5 heteroatoms. The van der Waals surface area contributed by atoms with E-state index in [2.05, 4.69) is 15.3 Å². The number of hydrogen-bond acceptors (Lipinski definition) is 4. The topological polar surface area (TPSA) is 47.0 Å². The van der Waals surface area contributed by atoms with Crippen molar-refractivity contribution in [2.45, 2.75) is 13.8 Å². The lowest BCUT2D eigenvalue weighted by Crippen LogP contribution is -2.12. The second kappa shape index (κ2) is 6.38. The average Bonchev–Trinajstić information content (AvgIpc) is 2.34. The predicted octanol–water partition coefficient (Wildman–Crippen LogP) is 3.24. The summed E-state index contributed by atoms with van der Waals surface area (Å²) in [5, 5.41) is 3.59. The maximum Gasteiger partial charge on any atom is 0.134 e. The van der Waals surface area contributed by atoms with E-state index < -0.39 is 0 Å². The summed E-state index contributed by atoms with van der Waals surface area (Å²) in [4.78, 5) is 8.23. The van der Waals surface area contributed by atoms with E-state index in [0.717, 1.165) is 5.75 Å². The summed E-state index contributed by atoms with van der Waals surface area (Å²) >= 11 is 5.85. The van der Waals surface area contributed by atoms with Gasteiger partial charge < -0.3 is 10.1 Å². The lowest BCUT2D eigenvalue weighted by molar-refractivity contribution is 0.332. The Balaban J connectivity index is 1.80. The normalized spacial score (nSPS) is 10.3. The summed E-state index contributed by atoms with van der Waals surface area (Å²) in [7, 11) is 0. The largest absolute Gasteiger partial charge is 0.492 e. The molecule has 0 saturated heterocycles. The van der Waals surface area contributed by atoms with Gasteiger partial charge in [0.25, 0.3) is 0 Å². The number of aryl methyl sites for hydroxylation is 2. The molecule has 0 amide bonds. The number of anilines is 1. The Labute approximate surface area is 117 Å². The number of rotatable bonds is 5. The number of halogens is 1. The van der Waals surface area contributed by atoms with Gasteiger partial charge in [-0.15, -0.1) is 0 Å². The molecule has 0 unspecified atom stereocenters. The lowest BCUT2D eigenvalue weighted by Gasteiger charge is -2.09. The van der Waals surface area contributed by atoms with Crippen LogP contribution in [0, 0.1) is 13.8 Å². The third kappa shape index (κ3) is 4.41. The maximum atomic E-state index is 5.85. The van der Waals surface area contributed by atoms with Gasteiger partial charge in [0.15, 0.2) is 0 Å². The lowest BCUT2D eigenvalue weighted by atomic mass is 10.2. The van der Waals surface area contributed by atoms with Crippen molar-refractivity contribution in [3.8, 4) is 5.75 Å². The summed E-state index contributed by atoms with van der Waals surface area (Å²) in [5.74, 6) is 2.23. The zero-order valence-electron chi connectivity index (χ0n) is 11.0. The van der Waals surface area contributed by atoms with E-state index in [1.807, 2.05) is 31.2 Å². The molecule has 2 aromatic rings. The highest BCUT2D eigenvalue weighted by atomic mass is 35.5. The second-order valence-electron chi connectivity index (χ2n) is 4.21. The first-order valence-electron chi connectivity index (χ1n) is 6.08. The predicted molar refractivity (Wildman–Crippen MR) is 76.9 cm³/mol. The Morgan fingerprint density at radius 3 is 2.79 bits per heavy atom. The first-order chi connectivity index (χ1) is 9.13. The van der Waals surface area contributed by atoms with Crippen LogP contribution in [0.2, 0.25) is 5.15 Å². The van der Waals surface area contributed by atoms with Gasteiger partial charge in [0.1, 0.15) is 29.2 Å². The fourth-order valence-corrected chi connectivity index (χ4v) is 1.90. The fourth-order valence-electron chi connectivity index (χ4n) is 1.67. The quantitative estimate of drug-likeness (QED) is 0.673. The number of hydrogen-bond donors (Lipinski definition) is 1. The number of aromatic nitrogens is 2. The van der Waals surface area contributed by atoms with Gasteiger partial charge in [0, 0.05) is 6.07 Å². The van der Waals surface area contributed by atoms with Crippen molar-refractivity contribution in [2.75, 3.05) is 18.5 Å². The van der Waals surface area contributed by atoms with Crippen LogP contribution in [-0.4, -0.2) is 23.1 Å². The van der Waals surface area contributed by atoms with Crippen molar-refractivity contribution >= 4 is 17.4 Å². The summed E-state index contributed by atoms with van der Waals surface area (Å²) in [5.41, 5.74) is 1.18. The molecule has 0 aliphatic carbocycles. The highest BCUT2D eigenvalue weighted by molar-refractivity contribution is 6.29. The molecule has 4 nitrogen and oxygen atoms in total. The number of ether oxygens (including phenoxy) is 1. The van der Waals surface area contributed by atoms with E-state index >= 15 is 0 Å². The van der Waals surface area contributed by atoms with Crippen molar-refractivity contribution in [3.05, 3.63) is 46.9 Å². The molecule has 0 radical (unpaired) electrons. The zero-order valence-corrected chi connectivity index (χ0v) is 11.7. The molecule has 1 aromatic heterocycles. The van der Waals surface area contributed by atoms with E-state index in [4.69, 9.17) is 16.3 Å². The number of benzene rings is 1. The van der Waals surface area contributed by atoms with Crippen LogP contribution in [0.5, 0.6) is 5.75 Å². The van der Waals surface area contributed by atoms with Crippen molar-refractivity contribution in [3.63, 3.8) is 0 Å². The standard InChI is InChI=1S/C14H16ClN3O/c1-10-4-3-5-12(8-10)19-7-6-16-14-9-13(15)17-11(2)18-14/h3-5,8-9H,6-7H2,1-2H3,(H,16,17,18). The molecule has 0 saturated carbocycles. The van der Waals surface area contributed by atoms with Crippen molar-refractivity contribution in [2.24, 2.45) is 0 Å². The summed E-state index contributed by atoms with van der Waals surface area (Å²) in [6.45, 7) is 5.06. The monoisotopic (exact) mass is 277 g/mol. The average molecular weight is 278 g/mol. The first kappa shape index (κ1) is 13.6. The minimum absolute atomic E-state index is 0.439. The third-order valence-electron chi connectivity index (χ3n) is 2.47. The van der Waals surface area contributed by atoms with Crippen LogP contribution in [0.15, 0.2) is 30.3 Å². The molecule has 0 aliphatic rings. The number of nitrogens with zero attached hydrogens (tertiary/aromatic N) is 2. The van der Waals surface area contributed by atoms with Gasteiger partial charge in [0.2, 0.25) is 0 Å². The van der Waals surface area contributed by atoms with Crippen LogP contribution in [0.3, 0.4) is 0 Å². The summed E-state index contributed by atoms with van der Waals surface area (Å²) in [6.07, 6.45) is 0. The Bertz CT molecular complexity index is 540. The fraction of sp³-hybridized carbons (Fsp3) is 0.286. The van der Waals surface area contributed by atoms with Crippen LogP contribution >= 0.6 is 11.6 Å². The van der Waals surface area contributed by atoms with E-state index in [1.165, 1.54) is 5.56 Å². The third-order valence-corrected chi connectivity index (χ3v) is 2.67. The van der Waals surface area contributed by atoms with Crippen LogP contribution in [0.4, 0.5) is 5.82 Å². The SMILES string of the molecule is Cc1cccc(OCCNc2cc(Cl)nc(C)n2)c1. The molecular formula is C14H16ClN3O. The molecule has 0 aliphatic heterocycles. The van der Waals surface area contributed by atoms with Gasteiger partial charge in [-0.2, -0.15) is 0 Å². The van der Waals surface area contributed by atoms with E-state index in [-0.39, 0.29) is 0 Å². The van der Waals surface area contributed by atoms with Gasteiger partial charge >= 0.3 is 0 Å². The second-order valence-corrected chi connectivity index (χ2v) is 4.60. The highest BCUT2D eigenvalue weighted by Gasteiger charge is 1.99. The highest BCUT2D eigenvalue weighted by Crippen LogP contribution is 2.13. The molecule has 1 N–H and O–H groups in total. The van der Waals surface area contributed by atoms with E-state index in [1.54, 1.807) is 13.0 Å². The molecule has 0 spiro atoms. The Morgan fingerprint density at radius 1 is 1.21 bits per heavy atom. The first-order valence-corrected chi connectivity index (χ1v) is 6.46. The molecule has 2 rings (SSSR count). The van der Waals surface area contributed by atoms with Gasteiger partial charge in [0.05, 0.1) is 6.54 Å². The Kier molecular flexibility index (Phi) is 4.58. The van der Waals surface area contributed by atoms with Crippen LogP contribution in [0.25, 0.3) is 0 Å². The van der Waals surface area contributed by atoms with Crippen LogP contribution < -0.4 is 10.1 Å². The summed E-state index contributed by atoms with van der Waals surface area (Å²) in [6, 6.07) is 9.66. The minimum atomic E-state index is 0.439. The number of nitrogens with one attached hydrogen (secondary N) is 1. The molecule has 19 heavy (non-hydrogen) atoms. The van der Waals surface area contributed by atoms with Gasteiger partial charge in [-0.25, -0.2) is 9.97 Å². The Hall–Kier alpha value is -1.81. The zero-order chi connectivity index (χ0) is 13.7. The van der Waals surface area contributed by atoms with Gasteiger partial charge in [-0.05, 0) is 31.5 Å². The molecule has 0 fully saturated rings. The van der Waals surface area contributed by atoms with E-state index in [0.29, 0.717) is 29.9 Å². The van der Waals surface area contributed by atoms with Crippen molar-refractivity contribution in [1.82, 2.24) is 9.97 Å². The smallest absolute Gasteiger partial charge is 0.134 e. The van der Waals surface area contributed by atoms with Crippen molar-refractivity contribution < 1.29 is 4.74 Å². The van der Waals surface area contributed by atoms with Crippen LogP contribution in [-0.2, 0) is 0 Å². The minimum Gasteiger partial charge on any atom is -0.492 e. The van der Waals surface area contributed by atoms with E-state index in [9.17, 15) is 0 Å². The molecule has 100 valence electrons. The molecule has 0 bridgehead atoms. The van der Waals surface area contributed by atoms with Crippen LogP contribution in [0.1, 0.15) is 11.4 Å². The van der Waals surface area contributed by atoms with Gasteiger partial charge in [-0.3, -0.25) is 0 Å². The maximum absolute atomic E-state index is 5.85. The Morgan fingerprint density at radius 2 is 2.05 bits per heavy atom. The molecular weight excluding hydrogens is 262 g/mol. The molecule has 0 atom stereocenters.